The minimum atomic E-state index is -0.00117. The van der Waals surface area contributed by atoms with Gasteiger partial charge in [0.2, 0.25) is 0 Å². The van der Waals surface area contributed by atoms with E-state index in [1.165, 1.54) is 25.7 Å². The highest BCUT2D eigenvalue weighted by molar-refractivity contribution is 5.72. The van der Waals surface area contributed by atoms with Gasteiger partial charge in [0, 0.05) is 18.1 Å². The summed E-state index contributed by atoms with van der Waals surface area (Å²) < 4.78 is 5.18. The lowest BCUT2D eigenvalue weighted by Gasteiger charge is -2.42. The van der Waals surface area contributed by atoms with Crippen molar-refractivity contribution in [3.63, 3.8) is 0 Å². The highest BCUT2D eigenvalue weighted by Gasteiger charge is 2.32. The molecule has 1 saturated heterocycles. The van der Waals surface area contributed by atoms with E-state index in [-0.39, 0.29) is 11.9 Å². The van der Waals surface area contributed by atoms with Gasteiger partial charge in [-0.2, -0.15) is 0 Å². The second-order valence-corrected chi connectivity index (χ2v) is 6.48. The third kappa shape index (κ3) is 3.95. The lowest BCUT2D eigenvalue weighted by atomic mass is 9.86. The molecule has 0 spiro atoms. The SMILES string of the molecule is CCOC(=O)C1CCCC(NN2C(C)CCCC2C)C1. The van der Waals surface area contributed by atoms with Crippen LogP contribution >= 0.6 is 0 Å². The van der Waals surface area contributed by atoms with Crippen LogP contribution in [0.3, 0.4) is 0 Å². The molecule has 0 bridgehead atoms. The van der Waals surface area contributed by atoms with Crippen molar-refractivity contribution in [2.24, 2.45) is 5.92 Å². The maximum Gasteiger partial charge on any atom is 0.308 e. The van der Waals surface area contributed by atoms with E-state index >= 15 is 0 Å². The van der Waals surface area contributed by atoms with Gasteiger partial charge in [0.25, 0.3) is 0 Å². The molecule has 1 aliphatic heterocycles. The monoisotopic (exact) mass is 282 g/mol. The number of piperidine rings is 1. The van der Waals surface area contributed by atoms with Crippen LogP contribution in [-0.2, 0) is 9.53 Å². The van der Waals surface area contributed by atoms with Crippen LogP contribution in [-0.4, -0.2) is 35.7 Å². The smallest absolute Gasteiger partial charge is 0.308 e. The number of nitrogens with one attached hydrogen (secondary N) is 1. The second kappa shape index (κ2) is 7.41. The Morgan fingerprint density at radius 3 is 2.45 bits per heavy atom. The van der Waals surface area contributed by atoms with Crippen molar-refractivity contribution in [1.29, 1.82) is 0 Å². The average Bonchev–Trinajstić information content (AvgIpc) is 2.44. The first-order chi connectivity index (χ1) is 9.61. The molecule has 2 aliphatic rings. The molecule has 0 amide bonds. The average molecular weight is 282 g/mol. The largest absolute Gasteiger partial charge is 0.466 e. The number of hydrazine groups is 1. The van der Waals surface area contributed by atoms with Crippen LogP contribution in [0.15, 0.2) is 0 Å². The van der Waals surface area contributed by atoms with E-state index in [4.69, 9.17) is 4.74 Å². The molecule has 116 valence electrons. The maximum absolute atomic E-state index is 11.9. The number of carbonyl (C=O) groups excluding carboxylic acids is 1. The first-order valence-electron chi connectivity index (χ1n) is 8.33. The number of ether oxygens (including phenoxy) is 1. The predicted molar refractivity (Wildman–Crippen MR) is 80.1 cm³/mol. The van der Waals surface area contributed by atoms with Crippen molar-refractivity contribution >= 4 is 5.97 Å². The van der Waals surface area contributed by atoms with Crippen molar-refractivity contribution in [2.75, 3.05) is 6.61 Å². The highest BCUT2D eigenvalue weighted by Crippen LogP contribution is 2.28. The molecular formula is C16H30N2O2. The fourth-order valence-electron chi connectivity index (χ4n) is 3.67. The van der Waals surface area contributed by atoms with Gasteiger partial charge in [-0.05, 0) is 52.9 Å². The second-order valence-electron chi connectivity index (χ2n) is 6.48. The quantitative estimate of drug-likeness (QED) is 0.805. The first kappa shape index (κ1) is 15.8. The molecule has 1 N–H and O–H groups in total. The summed E-state index contributed by atoms with van der Waals surface area (Å²) in [5, 5.41) is 2.43. The van der Waals surface area contributed by atoms with Gasteiger partial charge in [0.05, 0.1) is 12.5 Å². The number of nitrogens with zero attached hydrogens (tertiary/aromatic N) is 1. The Bertz CT molecular complexity index is 312. The van der Waals surface area contributed by atoms with Gasteiger partial charge in [-0.3, -0.25) is 10.2 Å². The van der Waals surface area contributed by atoms with Crippen LogP contribution < -0.4 is 5.43 Å². The van der Waals surface area contributed by atoms with Crippen LogP contribution in [0.4, 0.5) is 0 Å². The van der Waals surface area contributed by atoms with Crippen molar-refractivity contribution in [1.82, 2.24) is 10.4 Å². The lowest BCUT2D eigenvalue weighted by Crippen LogP contribution is -2.56. The van der Waals surface area contributed by atoms with Gasteiger partial charge in [-0.15, -0.1) is 0 Å². The Balaban J connectivity index is 1.87. The summed E-state index contributed by atoms with van der Waals surface area (Å²) in [6, 6.07) is 1.63. The van der Waals surface area contributed by atoms with Gasteiger partial charge < -0.3 is 4.74 Å². The van der Waals surface area contributed by atoms with Crippen molar-refractivity contribution in [3.05, 3.63) is 0 Å². The molecule has 0 aromatic heterocycles. The van der Waals surface area contributed by atoms with E-state index in [9.17, 15) is 4.79 Å². The molecule has 1 saturated carbocycles. The zero-order valence-corrected chi connectivity index (χ0v) is 13.2. The fraction of sp³-hybridized carbons (Fsp3) is 0.938. The standard InChI is InChI=1S/C16H30N2O2/c1-4-20-16(19)14-9-6-10-15(11-14)17-18-12(2)7-5-8-13(18)3/h12-15,17H,4-11H2,1-3H3. The molecule has 1 aliphatic carbocycles. The summed E-state index contributed by atoms with van der Waals surface area (Å²) in [6.07, 6.45) is 8.08. The summed E-state index contributed by atoms with van der Waals surface area (Å²) in [5.41, 5.74) is 3.71. The van der Waals surface area contributed by atoms with Gasteiger partial charge in [-0.1, -0.05) is 12.8 Å². The van der Waals surface area contributed by atoms with Crippen LogP contribution in [0, 0.1) is 5.92 Å². The molecule has 2 rings (SSSR count). The summed E-state index contributed by atoms with van der Waals surface area (Å²) in [7, 11) is 0. The van der Waals surface area contributed by atoms with E-state index < -0.39 is 0 Å². The Morgan fingerprint density at radius 2 is 1.80 bits per heavy atom. The van der Waals surface area contributed by atoms with Crippen LogP contribution in [0.1, 0.15) is 65.7 Å². The minimum Gasteiger partial charge on any atom is -0.466 e. The van der Waals surface area contributed by atoms with E-state index in [0.29, 0.717) is 24.7 Å². The van der Waals surface area contributed by atoms with Gasteiger partial charge in [0.15, 0.2) is 0 Å². The molecule has 0 aromatic rings. The van der Waals surface area contributed by atoms with E-state index in [1.807, 2.05) is 6.92 Å². The normalized spacial score (nSPS) is 35.8. The maximum atomic E-state index is 11.9. The molecular weight excluding hydrogens is 252 g/mol. The molecule has 20 heavy (non-hydrogen) atoms. The third-order valence-corrected chi connectivity index (χ3v) is 4.82. The fourth-order valence-corrected chi connectivity index (χ4v) is 3.67. The van der Waals surface area contributed by atoms with E-state index in [1.54, 1.807) is 0 Å². The number of esters is 1. The van der Waals surface area contributed by atoms with Crippen molar-refractivity contribution < 1.29 is 9.53 Å². The Morgan fingerprint density at radius 1 is 1.15 bits per heavy atom. The van der Waals surface area contributed by atoms with Gasteiger partial charge >= 0.3 is 5.97 Å². The molecule has 4 atom stereocenters. The topological polar surface area (TPSA) is 41.6 Å². The van der Waals surface area contributed by atoms with Crippen molar-refractivity contribution in [3.8, 4) is 0 Å². The van der Waals surface area contributed by atoms with E-state index in [0.717, 1.165) is 19.3 Å². The molecule has 1 heterocycles. The Kier molecular flexibility index (Phi) is 5.85. The molecule has 0 aromatic carbocycles. The van der Waals surface area contributed by atoms with Crippen LogP contribution in [0.5, 0.6) is 0 Å². The zero-order valence-electron chi connectivity index (χ0n) is 13.2. The molecule has 0 radical (unpaired) electrons. The summed E-state index contributed by atoms with van der Waals surface area (Å²) >= 11 is 0. The molecule has 4 heteroatoms. The zero-order chi connectivity index (χ0) is 14.5. The lowest BCUT2D eigenvalue weighted by molar-refractivity contribution is -0.149. The van der Waals surface area contributed by atoms with Gasteiger partial charge in [-0.25, -0.2) is 5.01 Å². The van der Waals surface area contributed by atoms with Crippen LogP contribution in [0.25, 0.3) is 0 Å². The van der Waals surface area contributed by atoms with Crippen molar-refractivity contribution in [2.45, 2.75) is 83.8 Å². The molecule has 2 fully saturated rings. The summed E-state index contributed by atoms with van der Waals surface area (Å²) in [5.74, 6) is 0.0929. The van der Waals surface area contributed by atoms with Gasteiger partial charge in [0.1, 0.15) is 0 Å². The first-order valence-corrected chi connectivity index (χ1v) is 8.33. The number of carbonyl (C=O) groups is 1. The summed E-state index contributed by atoms with van der Waals surface area (Å²) in [4.78, 5) is 11.9. The number of hydrogen-bond acceptors (Lipinski definition) is 4. The summed E-state index contributed by atoms with van der Waals surface area (Å²) in [6.45, 7) is 6.98. The Labute approximate surface area is 123 Å². The number of rotatable bonds is 4. The minimum absolute atomic E-state index is 0.00117. The molecule has 4 nitrogen and oxygen atoms in total. The van der Waals surface area contributed by atoms with Crippen LogP contribution in [0.2, 0.25) is 0 Å². The third-order valence-electron chi connectivity index (χ3n) is 4.82. The number of hydrogen-bond donors (Lipinski definition) is 1. The predicted octanol–water partition coefficient (Wildman–Crippen LogP) is 2.88. The van der Waals surface area contributed by atoms with E-state index in [2.05, 4.69) is 24.3 Å². The highest BCUT2D eigenvalue weighted by atomic mass is 16.5. The Hall–Kier alpha value is -0.610. The molecule has 4 unspecified atom stereocenters.